The predicted octanol–water partition coefficient (Wildman–Crippen LogP) is 3.16. The molecule has 0 aliphatic carbocycles. The first-order chi connectivity index (χ1) is 11.3. The summed E-state index contributed by atoms with van der Waals surface area (Å²) >= 11 is 0.933. The third-order valence-electron chi connectivity index (χ3n) is 3.62. The fourth-order valence-corrected chi connectivity index (χ4v) is 2.94. The van der Waals surface area contributed by atoms with Gasteiger partial charge in [0.05, 0.1) is 10.9 Å². The van der Waals surface area contributed by atoms with Gasteiger partial charge in [-0.15, -0.1) is 11.3 Å². The molecule has 0 spiro atoms. The van der Waals surface area contributed by atoms with Crippen LogP contribution in [0.5, 0.6) is 0 Å². The Hall–Kier alpha value is -1.93. The van der Waals surface area contributed by atoms with Crippen molar-refractivity contribution in [3.8, 4) is 0 Å². The first-order valence-corrected chi connectivity index (χ1v) is 8.27. The van der Waals surface area contributed by atoms with Gasteiger partial charge in [0, 0.05) is 24.4 Å². The van der Waals surface area contributed by atoms with E-state index in [9.17, 15) is 18.0 Å². The number of aromatic nitrogens is 1. The van der Waals surface area contributed by atoms with Crippen LogP contribution in [0.2, 0.25) is 0 Å². The summed E-state index contributed by atoms with van der Waals surface area (Å²) in [6.07, 6.45) is -4.19. The van der Waals surface area contributed by atoms with Crippen LogP contribution in [0.15, 0.2) is 35.7 Å². The molecule has 2 unspecified atom stereocenters. The average Bonchev–Trinajstić information content (AvgIpc) is 3.03. The van der Waals surface area contributed by atoms with Crippen molar-refractivity contribution < 1.29 is 18.0 Å². The molecule has 8 heteroatoms. The number of carbonyl (C=O) groups excluding carboxylic acids is 1. The van der Waals surface area contributed by atoms with Gasteiger partial charge in [0.1, 0.15) is 0 Å². The SMILES string of the molecule is CC(C(=O)NCCc1nc(C(F)(F)F)cs1)C(N)c1ccccc1. The lowest BCUT2D eigenvalue weighted by Crippen LogP contribution is -2.36. The van der Waals surface area contributed by atoms with Crippen LogP contribution in [-0.2, 0) is 17.4 Å². The summed E-state index contributed by atoms with van der Waals surface area (Å²) in [5, 5.41) is 4.01. The van der Waals surface area contributed by atoms with E-state index in [1.165, 1.54) is 0 Å². The Kier molecular flexibility index (Phi) is 5.95. The Bertz CT molecular complexity index is 673. The van der Waals surface area contributed by atoms with Crippen LogP contribution >= 0.6 is 11.3 Å². The normalized spacial score (nSPS) is 14.2. The number of rotatable bonds is 6. The van der Waals surface area contributed by atoms with Gasteiger partial charge in [0.15, 0.2) is 5.69 Å². The Balaban J connectivity index is 1.83. The summed E-state index contributed by atoms with van der Waals surface area (Å²) in [6, 6.07) is 8.82. The molecule has 2 atom stereocenters. The highest BCUT2D eigenvalue weighted by Crippen LogP contribution is 2.30. The van der Waals surface area contributed by atoms with E-state index in [-0.39, 0.29) is 18.9 Å². The van der Waals surface area contributed by atoms with E-state index in [0.717, 1.165) is 22.3 Å². The summed E-state index contributed by atoms with van der Waals surface area (Å²) in [5.74, 6) is -0.687. The Morgan fingerprint density at radius 1 is 1.33 bits per heavy atom. The molecule has 0 radical (unpaired) electrons. The van der Waals surface area contributed by atoms with E-state index >= 15 is 0 Å². The maximum atomic E-state index is 12.5. The second kappa shape index (κ2) is 7.76. The summed E-state index contributed by atoms with van der Waals surface area (Å²) in [7, 11) is 0. The lowest BCUT2D eigenvalue weighted by atomic mass is 9.95. The van der Waals surface area contributed by atoms with Crippen molar-refractivity contribution >= 4 is 17.2 Å². The largest absolute Gasteiger partial charge is 0.434 e. The van der Waals surface area contributed by atoms with Gasteiger partial charge in [-0.2, -0.15) is 13.2 Å². The standard InChI is InChI=1S/C16H18F3N3OS/c1-10(14(20)11-5-3-2-4-6-11)15(23)21-8-7-13-22-12(9-24-13)16(17,18)19/h2-6,9-10,14H,7-8,20H2,1H3,(H,21,23). The van der Waals surface area contributed by atoms with Crippen LogP contribution in [-0.4, -0.2) is 17.4 Å². The Labute approximate surface area is 141 Å². The quantitative estimate of drug-likeness (QED) is 0.834. The van der Waals surface area contributed by atoms with Crippen molar-refractivity contribution in [2.75, 3.05) is 6.54 Å². The minimum atomic E-state index is -4.44. The van der Waals surface area contributed by atoms with Gasteiger partial charge < -0.3 is 11.1 Å². The first kappa shape index (κ1) is 18.4. The third-order valence-corrected chi connectivity index (χ3v) is 4.53. The van der Waals surface area contributed by atoms with Crippen LogP contribution in [0.3, 0.4) is 0 Å². The number of hydrogen-bond acceptors (Lipinski definition) is 4. The van der Waals surface area contributed by atoms with Crippen molar-refractivity contribution in [1.29, 1.82) is 0 Å². The maximum absolute atomic E-state index is 12.5. The molecular formula is C16H18F3N3OS. The molecule has 130 valence electrons. The zero-order valence-corrected chi connectivity index (χ0v) is 13.8. The van der Waals surface area contributed by atoms with Crippen LogP contribution in [0.25, 0.3) is 0 Å². The summed E-state index contributed by atoms with van der Waals surface area (Å²) in [6.45, 7) is 1.94. The van der Waals surface area contributed by atoms with Gasteiger partial charge in [-0.1, -0.05) is 37.3 Å². The lowest BCUT2D eigenvalue weighted by molar-refractivity contribution is -0.140. The number of carbonyl (C=O) groups is 1. The molecule has 1 aromatic carbocycles. The molecule has 3 N–H and O–H groups in total. The molecule has 4 nitrogen and oxygen atoms in total. The zero-order valence-electron chi connectivity index (χ0n) is 13.0. The zero-order chi connectivity index (χ0) is 17.7. The number of thiazole rings is 1. The van der Waals surface area contributed by atoms with Crippen molar-refractivity contribution in [3.05, 3.63) is 52.0 Å². The van der Waals surface area contributed by atoms with E-state index < -0.39 is 23.8 Å². The molecule has 1 amide bonds. The average molecular weight is 357 g/mol. The number of benzene rings is 1. The number of halogens is 3. The Morgan fingerprint density at radius 3 is 2.58 bits per heavy atom. The molecule has 0 bridgehead atoms. The first-order valence-electron chi connectivity index (χ1n) is 7.39. The predicted molar refractivity (Wildman–Crippen MR) is 86.4 cm³/mol. The molecule has 2 rings (SSSR count). The van der Waals surface area contributed by atoms with Crippen molar-refractivity contribution in [3.63, 3.8) is 0 Å². The molecule has 0 aliphatic heterocycles. The second-order valence-corrected chi connectivity index (χ2v) is 6.33. The van der Waals surface area contributed by atoms with Crippen molar-refractivity contribution in [2.45, 2.75) is 25.6 Å². The summed E-state index contributed by atoms with van der Waals surface area (Å²) in [5.41, 5.74) is 6.04. The smallest absolute Gasteiger partial charge is 0.355 e. The second-order valence-electron chi connectivity index (χ2n) is 5.39. The number of nitrogens with one attached hydrogen (secondary N) is 1. The van der Waals surface area contributed by atoms with Crippen LogP contribution in [0, 0.1) is 5.92 Å². The van der Waals surface area contributed by atoms with E-state index in [2.05, 4.69) is 10.3 Å². The monoisotopic (exact) mass is 357 g/mol. The minimum Gasteiger partial charge on any atom is -0.355 e. The lowest BCUT2D eigenvalue weighted by Gasteiger charge is -2.19. The third kappa shape index (κ3) is 4.78. The van der Waals surface area contributed by atoms with E-state index in [1.54, 1.807) is 6.92 Å². The van der Waals surface area contributed by atoms with Gasteiger partial charge in [-0.3, -0.25) is 4.79 Å². The molecule has 0 fully saturated rings. The summed E-state index contributed by atoms with van der Waals surface area (Å²) < 4.78 is 37.4. The fourth-order valence-electron chi connectivity index (χ4n) is 2.14. The van der Waals surface area contributed by atoms with Gasteiger partial charge in [-0.25, -0.2) is 4.98 Å². The van der Waals surface area contributed by atoms with Gasteiger partial charge >= 0.3 is 6.18 Å². The molecule has 0 aliphatic rings. The highest BCUT2D eigenvalue weighted by atomic mass is 32.1. The van der Waals surface area contributed by atoms with E-state index in [0.29, 0.717) is 5.01 Å². The maximum Gasteiger partial charge on any atom is 0.434 e. The molecule has 1 aromatic heterocycles. The van der Waals surface area contributed by atoms with Gasteiger partial charge in [0.25, 0.3) is 0 Å². The fraction of sp³-hybridized carbons (Fsp3) is 0.375. The van der Waals surface area contributed by atoms with Crippen molar-refractivity contribution in [1.82, 2.24) is 10.3 Å². The van der Waals surface area contributed by atoms with Crippen LogP contribution < -0.4 is 11.1 Å². The minimum absolute atomic E-state index is 0.218. The van der Waals surface area contributed by atoms with E-state index in [1.807, 2.05) is 30.3 Å². The molecule has 0 saturated heterocycles. The molecule has 1 heterocycles. The topological polar surface area (TPSA) is 68.0 Å². The van der Waals surface area contributed by atoms with Crippen LogP contribution in [0.1, 0.15) is 29.2 Å². The molecule has 24 heavy (non-hydrogen) atoms. The van der Waals surface area contributed by atoms with Gasteiger partial charge in [-0.05, 0) is 5.56 Å². The van der Waals surface area contributed by atoms with Gasteiger partial charge in [0.2, 0.25) is 5.91 Å². The number of alkyl halides is 3. The highest BCUT2D eigenvalue weighted by Gasteiger charge is 2.33. The highest BCUT2D eigenvalue weighted by molar-refractivity contribution is 7.09. The number of hydrogen-bond donors (Lipinski definition) is 2. The molecular weight excluding hydrogens is 339 g/mol. The van der Waals surface area contributed by atoms with Crippen molar-refractivity contribution in [2.24, 2.45) is 11.7 Å². The number of nitrogens with two attached hydrogens (primary N) is 1. The van der Waals surface area contributed by atoms with Crippen LogP contribution in [0.4, 0.5) is 13.2 Å². The Morgan fingerprint density at radius 2 is 2.00 bits per heavy atom. The number of nitrogens with zero attached hydrogens (tertiary/aromatic N) is 1. The van der Waals surface area contributed by atoms with E-state index in [4.69, 9.17) is 5.73 Å². The number of amides is 1. The molecule has 2 aromatic rings. The molecule has 0 saturated carbocycles. The summed E-state index contributed by atoms with van der Waals surface area (Å²) in [4.78, 5) is 15.6.